The first-order valence-corrected chi connectivity index (χ1v) is 10.1. The van der Waals surface area contributed by atoms with Crippen molar-refractivity contribution < 1.29 is 79.4 Å². The number of halogens is 17. The van der Waals surface area contributed by atoms with Crippen molar-refractivity contribution in [2.75, 3.05) is 5.75 Å². The number of thioether (sulfide) groups is 1. The second-order valence-electron chi connectivity index (χ2n) is 7.53. The fourth-order valence-electron chi connectivity index (χ4n) is 2.83. The Labute approximate surface area is 188 Å². The van der Waals surface area contributed by atoms with Gasteiger partial charge in [0.05, 0.1) is 0 Å². The Bertz CT molecular complexity index is 773. The molecule has 1 unspecified atom stereocenters. The fourth-order valence-corrected chi connectivity index (χ4v) is 4.18. The standard InChI is InChI=1S/C16H13F17OS/c17-9(18,4-5-35-8-3-1-2-7(34)6-8)10(19,20)11(21,22)12(23,24)13(25,26)14(27,28)15(29,30)16(31,32)33/h8H,1-6H2. The molecule has 0 aromatic heterocycles. The summed E-state index contributed by atoms with van der Waals surface area (Å²) < 4.78 is 224. The average molecular weight is 576 g/mol. The van der Waals surface area contributed by atoms with Crippen LogP contribution >= 0.6 is 11.8 Å². The Kier molecular flexibility index (Phi) is 8.46. The molecule has 0 aromatic rings. The first kappa shape index (κ1) is 31.9. The molecule has 1 rings (SSSR count). The molecule has 1 nitrogen and oxygen atoms in total. The summed E-state index contributed by atoms with van der Waals surface area (Å²) in [5, 5.41) is -0.782. The molecule has 1 aliphatic rings. The van der Waals surface area contributed by atoms with E-state index in [2.05, 4.69) is 0 Å². The highest BCUT2D eigenvalue weighted by Crippen LogP contribution is 2.64. The second kappa shape index (κ2) is 9.29. The Balaban J connectivity index is 3.27. The molecule has 208 valence electrons. The summed E-state index contributed by atoms with van der Waals surface area (Å²) in [6.45, 7) is 0. The molecule has 0 N–H and O–H groups in total. The van der Waals surface area contributed by atoms with Crippen molar-refractivity contribution in [1.82, 2.24) is 0 Å². The van der Waals surface area contributed by atoms with E-state index in [9.17, 15) is 79.4 Å². The summed E-state index contributed by atoms with van der Waals surface area (Å²) in [6, 6.07) is 0. The minimum absolute atomic E-state index is 0.0961. The number of alkyl halides is 17. The number of rotatable bonds is 10. The van der Waals surface area contributed by atoms with E-state index in [0.29, 0.717) is 11.8 Å². The zero-order chi connectivity index (χ0) is 28.1. The predicted molar refractivity (Wildman–Crippen MR) is 85.0 cm³/mol. The monoisotopic (exact) mass is 576 g/mol. The smallest absolute Gasteiger partial charge is 0.300 e. The molecule has 0 bridgehead atoms. The van der Waals surface area contributed by atoms with Crippen molar-refractivity contribution >= 4 is 17.5 Å². The number of hydrogen-bond donors (Lipinski definition) is 0. The van der Waals surface area contributed by atoms with Crippen LogP contribution in [0.5, 0.6) is 0 Å². The van der Waals surface area contributed by atoms with Crippen LogP contribution in [0.25, 0.3) is 0 Å². The third-order valence-corrected chi connectivity index (χ3v) is 6.31. The van der Waals surface area contributed by atoms with Gasteiger partial charge in [0, 0.05) is 24.5 Å². The third kappa shape index (κ3) is 5.02. The quantitative estimate of drug-likeness (QED) is 0.249. The lowest BCUT2D eigenvalue weighted by atomic mass is 9.88. The van der Waals surface area contributed by atoms with E-state index in [1.54, 1.807) is 0 Å². The fraction of sp³-hybridized carbons (Fsp3) is 0.938. The summed E-state index contributed by atoms with van der Waals surface area (Å²) in [5.41, 5.74) is 0. The average Bonchev–Trinajstić information content (AvgIpc) is 2.66. The van der Waals surface area contributed by atoms with Crippen LogP contribution in [-0.4, -0.2) is 64.4 Å². The predicted octanol–water partition coefficient (Wildman–Crippen LogP) is 7.63. The van der Waals surface area contributed by atoms with E-state index in [4.69, 9.17) is 0 Å². The van der Waals surface area contributed by atoms with Crippen LogP contribution in [0.15, 0.2) is 0 Å². The molecule has 0 aromatic carbocycles. The molecule has 1 saturated carbocycles. The molecule has 0 spiro atoms. The van der Waals surface area contributed by atoms with Gasteiger partial charge in [0.15, 0.2) is 0 Å². The molecule has 0 saturated heterocycles. The minimum Gasteiger partial charge on any atom is -0.300 e. The maximum absolute atomic E-state index is 13.8. The van der Waals surface area contributed by atoms with Crippen molar-refractivity contribution in [3.8, 4) is 0 Å². The SMILES string of the molecule is O=C1CCCC(SCCC(F)(F)C(F)(F)C(F)(F)C(F)(F)C(F)(F)C(F)(F)C(F)(F)C(F)(F)F)C1. The summed E-state index contributed by atoms with van der Waals surface area (Å²) in [4.78, 5) is 11.2. The molecule has 0 heterocycles. The summed E-state index contributed by atoms with van der Waals surface area (Å²) in [6.07, 6.45) is -9.99. The van der Waals surface area contributed by atoms with Crippen LogP contribution in [0.2, 0.25) is 0 Å². The van der Waals surface area contributed by atoms with Gasteiger partial charge in [-0.2, -0.15) is 86.4 Å². The molecule has 0 radical (unpaired) electrons. The first-order valence-electron chi connectivity index (χ1n) is 9.07. The lowest BCUT2D eigenvalue weighted by molar-refractivity contribution is -0.461. The van der Waals surface area contributed by atoms with Gasteiger partial charge in [-0.25, -0.2) is 0 Å². The normalized spacial score (nSPS) is 20.4. The van der Waals surface area contributed by atoms with Crippen LogP contribution < -0.4 is 0 Å². The van der Waals surface area contributed by atoms with E-state index >= 15 is 0 Å². The maximum atomic E-state index is 13.8. The third-order valence-electron chi connectivity index (χ3n) is 4.99. The topological polar surface area (TPSA) is 17.1 Å². The molecular weight excluding hydrogens is 563 g/mol. The largest absolute Gasteiger partial charge is 0.460 e. The molecule has 1 fully saturated rings. The lowest BCUT2D eigenvalue weighted by Crippen LogP contribution is -2.74. The van der Waals surface area contributed by atoms with E-state index in [1.807, 2.05) is 0 Å². The van der Waals surface area contributed by atoms with Crippen molar-refractivity contribution in [2.24, 2.45) is 0 Å². The summed E-state index contributed by atoms with van der Waals surface area (Å²) in [7, 11) is 0. The van der Waals surface area contributed by atoms with Gasteiger partial charge < -0.3 is 0 Å². The minimum atomic E-state index is -8.61. The molecule has 0 aliphatic heterocycles. The Morgan fingerprint density at radius 2 is 1.03 bits per heavy atom. The van der Waals surface area contributed by atoms with E-state index in [-0.39, 0.29) is 31.5 Å². The number of carbonyl (C=O) groups excluding carboxylic acids is 1. The Hall–Kier alpha value is -1.17. The van der Waals surface area contributed by atoms with Crippen molar-refractivity contribution in [3.63, 3.8) is 0 Å². The van der Waals surface area contributed by atoms with E-state index in [1.165, 1.54) is 0 Å². The summed E-state index contributed by atoms with van der Waals surface area (Å²) >= 11 is 0.319. The highest BCUT2D eigenvalue weighted by atomic mass is 32.2. The van der Waals surface area contributed by atoms with Crippen LogP contribution in [0.3, 0.4) is 0 Å². The Morgan fingerprint density at radius 3 is 1.43 bits per heavy atom. The van der Waals surface area contributed by atoms with Crippen LogP contribution in [0, 0.1) is 0 Å². The van der Waals surface area contributed by atoms with E-state index < -0.39 is 65.1 Å². The van der Waals surface area contributed by atoms with Crippen molar-refractivity contribution in [1.29, 1.82) is 0 Å². The van der Waals surface area contributed by atoms with Gasteiger partial charge >= 0.3 is 47.6 Å². The van der Waals surface area contributed by atoms with Crippen molar-refractivity contribution in [2.45, 2.75) is 85.0 Å². The molecule has 19 heteroatoms. The number of hydrogen-bond acceptors (Lipinski definition) is 2. The number of Topliss-reactive ketones (excluding diaryl/α,β-unsaturated/α-hetero) is 1. The van der Waals surface area contributed by atoms with Crippen LogP contribution in [0.4, 0.5) is 74.6 Å². The van der Waals surface area contributed by atoms with Gasteiger partial charge in [0.1, 0.15) is 5.78 Å². The zero-order valence-corrected chi connectivity index (χ0v) is 17.4. The number of ketones is 1. The van der Waals surface area contributed by atoms with Gasteiger partial charge in [0.2, 0.25) is 0 Å². The van der Waals surface area contributed by atoms with Crippen LogP contribution in [-0.2, 0) is 4.79 Å². The highest BCUT2D eigenvalue weighted by Gasteiger charge is 2.95. The second-order valence-corrected chi connectivity index (χ2v) is 8.93. The van der Waals surface area contributed by atoms with E-state index in [0.717, 1.165) is 0 Å². The van der Waals surface area contributed by atoms with Crippen LogP contribution in [0.1, 0.15) is 32.1 Å². The molecule has 0 amide bonds. The van der Waals surface area contributed by atoms with Gasteiger partial charge in [-0.05, 0) is 18.6 Å². The van der Waals surface area contributed by atoms with Gasteiger partial charge in [-0.1, -0.05) is 0 Å². The zero-order valence-electron chi connectivity index (χ0n) is 16.6. The number of carbonyl (C=O) groups is 1. The molecular formula is C16H13F17OS. The molecule has 1 aliphatic carbocycles. The molecule has 1 atom stereocenters. The summed E-state index contributed by atoms with van der Waals surface area (Å²) in [5.74, 6) is -57.7. The van der Waals surface area contributed by atoms with Gasteiger partial charge in [-0.3, -0.25) is 4.79 Å². The Morgan fingerprint density at radius 1 is 0.629 bits per heavy atom. The lowest BCUT2D eigenvalue weighted by Gasteiger charge is -2.42. The van der Waals surface area contributed by atoms with Crippen molar-refractivity contribution in [3.05, 3.63) is 0 Å². The first-order chi connectivity index (χ1) is 15.2. The van der Waals surface area contributed by atoms with Gasteiger partial charge in [0.25, 0.3) is 0 Å². The highest BCUT2D eigenvalue weighted by molar-refractivity contribution is 7.99. The maximum Gasteiger partial charge on any atom is 0.460 e. The molecule has 35 heavy (non-hydrogen) atoms. The van der Waals surface area contributed by atoms with Gasteiger partial charge in [-0.15, -0.1) is 0 Å².